The Balaban J connectivity index is 2.85. The van der Waals surface area contributed by atoms with Crippen LogP contribution in [0.15, 0.2) is 17.2 Å². The number of rotatable bonds is 4. The van der Waals surface area contributed by atoms with Crippen LogP contribution in [0.2, 0.25) is 5.15 Å². The Hall–Kier alpha value is -1.36. The molecule has 17 heavy (non-hydrogen) atoms. The van der Waals surface area contributed by atoms with Crippen LogP contribution < -0.4 is 10.9 Å². The molecule has 1 aromatic rings. The highest BCUT2D eigenvalue weighted by molar-refractivity contribution is 6.29. The summed E-state index contributed by atoms with van der Waals surface area (Å²) in [6, 6.07) is 0.677. The molecule has 2 atom stereocenters. The van der Waals surface area contributed by atoms with Crippen LogP contribution in [0, 0.1) is 0 Å². The SMILES string of the molecule is CCC(C)NC(=O)C(C)n1cnc(Cl)cc1=O. The van der Waals surface area contributed by atoms with Crippen LogP contribution in [-0.4, -0.2) is 21.5 Å². The fourth-order valence-corrected chi connectivity index (χ4v) is 1.41. The standard InChI is InChI=1S/C11H16ClN3O2/c1-4-7(2)14-11(17)8(3)15-6-13-9(12)5-10(15)16/h5-8H,4H2,1-3H3,(H,14,17). The number of amides is 1. The number of nitrogens with one attached hydrogen (secondary N) is 1. The molecule has 0 aliphatic heterocycles. The van der Waals surface area contributed by atoms with E-state index in [1.54, 1.807) is 6.92 Å². The van der Waals surface area contributed by atoms with E-state index in [1.165, 1.54) is 17.0 Å². The number of hydrogen-bond donors (Lipinski definition) is 1. The van der Waals surface area contributed by atoms with Crippen molar-refractivity contribution in [2.45, 2.75) is 39.3 Å². The molecule has 0 saturated heterocycles. The zero-order valence-corrected chi connectivity index (χ0v) is 10.9. The number of carbonyl (C=O) groups is 1. The van der Waals surface area contributed by atoms with Gasteiger partial charge >= 0.3 is 0 Å². The van der Waals surface area contributed by atoms with Crippen molar-refractivity contribution in [2.75, 3.05) is 0 Å². The van der Waals surface area contributed by atoms with Crippen LogP contribution in [0.1, 0.15) is 33.2 Å². The summed E-state index contributed by atoms with van der Waals surface area (Å²) in [6.45, 7) is 5.54. The first-order valence-electron chi connectivity index (χ1n) is 5.49. The van der Waals surface area contributed by atoms with E-state index < -0.39 is 6.04 Å². The fraction of sp³-hybridized carbons (Fsp3) is 0.545. The van der Waals surface area contributed by atoms with Gasteiger partial charge in [0.05, 0.1) is 6.33 Å². The lowest BCUT2D eigenvalue weighted by molar-refractivity contribution is -0.124. The van der Waals surface area contributed by atoms with Crippen molar-refractivity contribution in [3.8, 4) is 0 Å². The number of carbonyl (C=O) groups excluding carboxylic acids is 1. The summed E-state index contributed by atoms with van der Waals surface area (Å²) in [7, 11) is 0. The van der Waals surface area contributed by atoms with Crippen LogP contribution in [0.3, 0.4) is 0 Å². The molecular formula is C11H16ClN3O2. The van der Waals surface area contributed by atoms with Gasteiger partial charge in [0.2, 0.25) is 5.91 Å². The molecule has 0 bridgehead atoms. The molecular weight excluding hydrogens is 242 g/mol. The van der Waals surface area contributed by atoms with Crippen molar-refractivity contribution in [1.82, 2.24) is 14.9 Å². The molecule has 0 radical (unpaired) electrons. The van der Waals surface area contributed by atoms with Crippen molar-refractivity contribution >= 4 is 17.5 Å². The lowest BCUT2D eigenvalue weighted by atomic mass is 10.2. The average Bonchev–Trinajstić information content (AvgIpc) is 2.28. The van der Waals surface area contributed by atoms with Gasteiger partial charge < -0.3 is 5.32 Å². The summed E-state index contributed by atoms with van der Waals surface area (Å²) in [6.07, 6.45) is 2.12. The van der Waals surface area contributed by atoms with E-state index in [4.69, 9.17) is 11.6 Å². The first kappa shape index (κ1) is 13.7. The van der Waals surface area contributed by atoms with Crippen molar-refractivity contribution in [3.05, 3.63) is 27.9 Å². The Morgan fingerprint density at radius 1 is 1.59 bits per heavy atom. The lowest BCUT2D eigenvalue weighted by Gasteiger charge is -2.17. The van der Waals surface area contributed by atoms with Gasteiger partial charge in [0, 0.05) is 12.1 Å². The van der Waals surface area contributed by atoms with Gasteiger partial charge in [-0.15, -0.1) is 0 Å². The molecule has 1 amide bonds. The van der Waals surface area contributed by atoms with E-state index >= 15 is 0 Å². The van der Waals surface area contributed by atoms with Crippen molar-refractivity contribution in [2.24, 2.45) is 0 Å². The molecule has 0 aliphatic carbocycles. The Morgan fingerprint density at radius 2 is 2.24 bits per heavy atom. The minimum absolute atomic E-state index is 0.0842. The third-order valence-corrected chi connectivity index (χ3v) is 2.81. The molecule has 0 fully saturated rings. The highest BCUT2D eigenvalue weighted by atomic mass is 35.5. The maximum Gasteiger partial charge on any atom is 0.255 e. The molecule has 2 unspecified atom stereocenters. The molecule has 0 saturated carbocycles. The third kappa shape index (κ3) is 3.56. The molecule has 0 aliphatic rings. The first-order valence-corrected chi connectivity index (χ1v) is 5.87. The van der Waals surface area contributed by atoms with Gasteiger partial charge in [-0.25, -0.2) is 4.98 Å². The van der Waals surface area contributed by atoms with Gasteiger partial charge in [0.25, 0.3) is 5.56 Å². The number of aromatic nitrogens is 2. The number of hydrogen-bond acceptors (Lipinski definition) is 3. The quantitative estimate of drug-likeness (QED) is 0.829. The number of nitrogens with zero attached hydrogens (tertiary/aromatic N) is 2. The molecule has 0 aromatic carbocycles. The summed E-state index contributed by atoms with van der Waals surface area (Å²) in [5, 5.41) is 2.94. The summed E-state index contributed by atoms with van der Waals surface area (Å²) in [5.41, 5.74) is -0.336. The Kier molecular flexibility index (Phi) is 4.69. The van der Waals surface area contributed by atoms with Gasteiger partial charge in [-0.3, -0.25) is 14.2 Å². The van der Waals surface area contributed by atoms with Crippen molar-refractivity contribution in [3.63, 3.8) is 0 Å². The molecule has 1 rings (SSSR count). The average molecular weight is 258 g/mol. The molecule has 6 heteroatoms. The van der Waals surface area contributed by atoms with Crippen LogP contribution in [0.4, 0.5) is 0 Å². The summed E-state index contributed by atoms with van der Waals surface area (Å²) < 4.78 is 1.25. The largest absolute Gasteiger partial charge is 0.352 e. The monoisotopic (exact) mass is 257 g/mol. The molecule has 1 aromatic heterocycles. The smallest absolute Gasteiger partial charge is 0.255 e. The molecule has 1 heterocycles. The van der Waals surface area contributed by atoms with E-state index in [-0.39, 0.29) is 22.7 Å². The highest BCUT2D eigenvalue weighted by Crippen LogP contribution is 2.04. The van der Waals surface area contributed by atoms with Crippen molar-refractivity contribution < 1.29 is 4.79 Å². The fourth-order valence-electron chi connectivity index (χ4n) is 1.27. The lowest BCUT2D eigenvalue weighted by Crippen LogP contribution is -2.39. The highest BCUT2D eigenvalue weighted by Gasteiger charge is 2.17. The topological polar surface area (TPSA) is 64.0 Å². The second kappa shape index (κ2) is 5.82. The predicted octanol–water partition coefficient (Wildman–Crippen LogP) is 1.37. The van der Waals surface area contributed by atoms with Gasteiger partial charge in [-0.1, -0.05) is 18.5 Å². The molecule has 1 N–H and O–H groups in total. The third-order valence-electron chi connectivity index (χ3n) is 2.60. The maximum atomic E-state index is 11.8. The van der Waals surface area contributed by atoms with Crippen LogP contribution in [0.5, 0.6) is 0 Å². The first-order chi connectivity index (χ1) is 7.95. The minimum atomic E-state index is -0.596. The van der Waals surface area contributed by atoms with Crippen molar-refractivity contribution in [1.29, 1.82) is 0 Å². The van der Waals surface area contributed by atoms with Crippen LogP contribution >= 0.6 is 11.6 Å². The minimum Gasteiger partial charge on any atom is -0.352 e. The van der Waals surface area contributed by atoms with Crippen LogP contribution in [-0.2, 0) is 4.79 Å². The Labute approximate surface area is 105 Å². The van der Waals surface area contributed by atoms with Crippen LogP contribution in [0.25, 0.3) is 0 Å². The zero-order chi connectivity index (χ0) is 13.0. The summed E-state index contributed by atoms with van der Waals surface area (Å²) in [5.74, 6) is -0.203. The number of halogens is 1. The van der Waals surface area contributed by atoms with E-state index in [1.807, 2.05) is 13.8 Å². The van der Waals surface area contributed by atoms with Gasteiger partial charge in [-0.2, -0.15) is 0 Å². The molecule has 5 nitrogen and oxygen atoms in total. The van der Waals surface area contributed by atoms with E-state index in [9.17, 15) is 9.59 Å². The summed E-state index contributed by atoms with van der Waals surface area (Å²) >= 11 is 5.58. The van der Waals surface area contributed by atoms with Gasteiger partial charge in [0.1, 0.15) is 11.2 Å². The van der Waals surface area contributed by atoms with Gasteiger partial charge in [0.15, 0.2) is 0 Å². The predicted molar refractivity (Wildman–Crippen MR) is 66.1 cm³/mol. The Bertz CT molecular complexity index is 458. The van der Waals surface area contributed by atoms with E-state index in [0.717, 1.165) is 6.42 Å². The second-order valence-corrected chi connectivity index (χ2v) is 4.34. The van der Waals surface area contributed by atoms with Gasteiger partial charge in [-0.05, 0) is 20.3 Å². The molecule has 0 spiro atoms. The zero-order valence-electron chi connectivity index (χ0n) is 10.1. The van der Waals surface area contributed by atoms with E-state index in [2.05, 4.69) is 10.3 Å². The maximum absolute atomic E-state index is 11.8. The summed E-state index contributed by atoms with van der Waals surface area (Å²) in [4.78, 5) is 27.2. The second-order valence-electron chi connectivity index (χ2n) is 3.95. The molecule has 94 valence electrons. The Morgan fingerprint density at radius 3 is 2.76 bits per heavy atom. The normalized spacial score (nSPS) is 14.1. The van der Waals surface area contributed by atoms with E-state index in [0.29, 0.717) is 0 Å².